The van der Waals surface area contributed by atoms with Crippen LogP contribution in [0.2, 0.25) is 0 Å². The molecule has 7 heteroatoms. The minimum atomic E-state index is -0.110. The van der Waals surface area contributed by atoms with Gasteiger partial charge in [-0.2, -0.15) is 5.10 Å². The van der Waals surface area contributed by atoms with Crippen molar-refractivity contribution in [3.8, 4) is 17.1 Å². The molecule has 2 aliphatic rings. The summed E-state index contributed by atoms with van der Waals surface area (Å²) in [6.45, 7) is 2.11. The number of fused-ring (bicyclic) bond motifs is 1. The minimum absolute atomic E-state index is 0.00865. The van der Waals surface area contributed by atoms with Crippen LogP contribution in [-0.2, 0) is 11.8 Å². The third-order valence-corrected chi connectivity index (χ3v) is 6.04. The van der Waals surface area contributed by atoms with E-state index in [0.717, 1.165) is 52.9 Å². The molecule has 7 nitrogen and oxygen atoms in total. The number of benzene rings is 1. The van der Waals surface area contributed by atoms with Gasteiger partial charge in [0, 0.05) is 44.2 Å². The van der Waals surface area contributed by atoms with E-state index in [1.165, 1.54) is 12.8 Å². The number of nitrogens with one attached hydrogen (secondary N) is 1. The molecule has 5 rings (SSSR count). The van der Waals surface area contributed by atoms with Gasteiger partial charge in [0.15, 0.2) is 0 Å². The Bertz CT molecular complexity index is 1090. The molecule has 0 saturated carbocycles. The Morgan fingerprint density at radius 2 is 2.00 bits per heavy atom. The number of aromatic nitrogens is 3. The Labute approximate surface area is 175 Å². The summed E-state index contributed by atoms with van der Waals surface area (Å²) in [7, 11) is 3.56. The second-order valence-corrected chi connectivity index (χ2v) is 7.88. The number of carbonyl (C=O) groups is 1. The number of anilines is 2. The Hall–Kier alpha value is -3.35. The van der Waals surface area contributed by atoms with Gasteiger partial charge in [0.05, 0.1) is 18.5 Å². The molecule has 4 heterocycles. The number of ether oxygens (including phenoxy) is 1. The van der Waals surface area contributed by atoms with Crippen LogP contribution in [0, 0.1) is 0 Å². The summed E-state index contributed by atoms with van der Waals surface area (Å²) >= 11 is 0. The molecule has 1 fully saturated rings. The third kappa shape index (κ3) is 3.10. The summed E-state index contributed by atoms with van der Waals surface area (Å²) in [5, 5.41) is 7.69. The number of carbonyl (C=O) groups excluding carboxylic acids is 1. The normalized spacial score (nSPS) is 18.3. The lowest BCUT2D eigenvalue weighted by Gasteiger charge is -2.26. The average Bonchev–Trinajstić information content (AvgIpc) is 3.42. The Morgan fingerprint density at radius 3 is 2.73 bits per heavy atom. The first-order valence-corrected chi connectivity index (χ1v) is 10.4. The van der Waals surface area contributed by atoms with Crippen molar-refractivity contribution in [2.24, 2.45) is 7.05 Å². The van der Waals surface area contributed by atoms with Crippen LogP contribution in [0.15, 0.2) is 42.6 Å². The molecule has 30 heavy (non-hydrogen) atoms. The highest BCUT2D eigenvalue weighted by Gasteiger charge is 2.34. The van der Waals surface area contributed by atoms with Crippen molar-refractivity contribution in [3.05, 3.63) is 53.7 Å². The van der Waals surface area contributed by atoms with Gasteiger partial charge in [-0.1, -0.05) is 12.1 Å². The summed E-state index contributed by atoms with van der Waals surface area (Å²) in [6.07, 6.45) is 4.55. The molecule has 1 aromatic carbocycles. The number of aryl methyl sites for hydroxylation is 1. The largest absolute Gasteiger partial charge is 0.495 e. The average molecular weight is 403 g/mol. The maximum absolute atomic E-state index is 12.5. The highest BCUT2D eigenvalue weighted by atomic mass is 16.5. The quantitative estimate of drug-likeness (QED) is 0.721. The van der Waals surface area contributed by atoms with E-state index in [2.05, 4.69) is 33.4 Å². The SMILES string of the molecule is COc1cc(C2CC(=O)Nc3c2c(-c2ccccn2)nn3C)ccc1N1CCCC1. The molecule has 3 aromatic rings. The molecule has 154 valence electrons. The van der Waals surface area contributed by atoms with Crippen molar-refractivity contribution >= 4 is 17.4 Å². The maximum atomic E-state index is 12.5. The zero-order valence-corrected chi connectivity index (χ0v) is 17.3. The molecule has 1 unspecified atom stereocenters. The zero-order chi connectivity index (χ0) is 20.7. The number of pyridine rings is 1. The second kappa shape index (κ2) is 7.48. The van der Waals surface area contributed by atoms with E-state index >= 15 is 0 Å². The number of rotatable bonds is 4. The lowest BCUT2D eigenvalue weighted by molar-refractivity contribution is -0.116. The van der Waals surface area contributed by atoms with E-state index in [1.54, 1.807) is 18.0 Å². The molecule has 0 spiro atoms. The van der Waals surface area contributed by atoms with Gasteiger partial charge < -0.3 is 15.0 Å². The van der Waals surface area contributed by atoms with Crippen LogP contribution in [0.25, 0.3) is 11.4 Å². The van der Waals surface area contributed by atoms with Crippen LogP contribution < -0.4 is 15.0 Å². The predicted octanol–water partition coefficient (Wildman–Crippen LogP) is 3.57. The molecule has 2 aliphatic heterocycles. The smallest absolute Gasteiger partial charge is 0.226 e. The van der Waals surface area contributed by atoms with Gasteiger partial charge in [-0.25, -0.2) is 0 Å². The van der Waals surface area contributed by atoms with Crippen molar-refractivity contribution in [2.45, 2.75) is 25.2 Å². The van der Waals surface area contributed by atoms with Gasteiger partial charge in [0.25, 0.3) is 0 Å². The van der Waals surface area contributed by atoms with E-state index in [4.69, 9.17) is 9.84 Å². The number of hydrogen-bond donors (Lipinski definition) is 1. The topological polar surface area (TPSA) is 72.3 Å². The first-order chi connectivity index (χ1) is 14.7. The summed E-state index contributed by atoms with van der Waals surface area (Å²) in [5.41, 5.74) is 4.79. The van der Waals surface area contributed by atoms with E-state index in [1.807, 2.05) is 25.2 Å². The Balaban J connectivity index is 1.62. The van der Waals surface area contributed by atoms with Crippen LogP contribution in [-0.4, -0.2) is 40.9 Å². The molecule has 1 atom stereocenters. The van der Waals surface area contributed by atoms with Crippen LogP contribution in [0.4, 0.5) is 11.5 Å². The summed E-state index contributed by atoms with van der Waals surface area (Å²) < 4.78 is 7.48. The molecule has 0 aliphatic carbocycles. The summed E-state index contributed by atoms with van der Waals surface area (Å²) in [6, 6.07) is 12.1. The van der Waals surface area contributed by atoms with Gasteiger partial charge in [-0.15, -0.1) is 0 Å². The van der Waals surface area contributed by atoms with E-state index in [-0.39, 0.29) is 11.8 Å². The fourth-order valence-corrected chi connectivity index (χ4v) is 4.60. The van der Waals surface area contributed by atoms with Gasteiger partial charge in [-0.05, 0) is 42.7 Å². The minimum Gasteiger partial charge on any atom is -0.495 e. The first kappa shape index (κ1) is 18.7. The van der Waals surface area contributed by atoms with Crippen LogP contribution in [0.1, 0.15) is 36.3 Å². The molecular formula is C23H25N5O2. The van der Waals surface area contributed by atoms with Crippen molar-refractivity contribution in [1.29, 1.82) is 0 Å². The van der Waals surface area contributed by atoms with E-state index in [9.17, 15) is 4.79 Å². The molecule has 2 aromatic heterocycles. The Morgan fingerprint density at radius 1 is 1.17 bits per heavy atom. The fourth-order valence-electron chi connectivity index (χ4n) is 4.60. The molecule has 1 saturated heterocycles. The number of nitrogens with zero attached hydrogens (tertiary/aromatic N) is 4. The van der Waals surface area contributed by atoms with E-state index in [0.29, 0.717) is 6.42 Å². The number of amides is 1. The number of methoxy groups -OCH3 is 1. The predicted molar refractivity (Wildman–Crippen MR) is 116 cm³/mol. The van der Waals surface area contributed by atoms with Crippen LogP contribution >= 0.6 is 0 Å². The van der Waals surface area contributed by atoms with Gasteiger partial charge in [-0.3, -0.25) is 14.5 Å². The van der Waals surface area contributed by atoms with Gasteiger partial charge in [0.1, 0.15) is 17.3 Å². The fraction of sp³-hybridized carbons (Fsp3) is 0.348. The van der Waals surface area contributed by atoms with Crippen molar-refractivity contribution in [3.63, 3.8) is 0 Å². The summed E-state index contributed by atoms with van der Waals surface area (Å²) in [5.74, 6) is 1.47. The van der Waals surface area contributed by atoms with Crippen molar-refractivity contribution < 1.29 is 9.53 Å². The standard InChI is InChI=1S/C23H25N5O2/c1-27-23-21(22(26-27)17-7-3-4-10-24-17)16(14-20(29)25-23)15-8-9-18(19(13-15)30-2)28-11-5-6-12-28/h3-4,7-10,13,16H,5-6,11-12,14H2,1-2H3,(H,25,29). The molecule has 1 N–H and O–H groups in total. The first-order valence-electron chi connectivity index (χ1n) is 10.4. The highest BCUT2D eigenvalue weighted by Crippen LogP contribution is 2.44. The van der Waals surface area contributed by atoms with Crippen molar-refractivity contribution in [1.82, 2.24) is 14.8 Å². The van der Waals surface area contributed by atoms with E-state index < -0.39 is 0 Å². The van der Waals surface area contributed by atoms with Crippen LogP contribution in [0.5, 0.6) is 5.75 Å². The third-order valence-electron chi connectivity index (χ3n) is 6.04. The molecule has 0 bridgehead atoms. The lowest BCUT2D eigenvalue weighted by Crippen LogP contribution is -2.25. The summed E-state index contributed by atoms with van der Waals surface area (Å²) in [4.78, 5) is 19.4. The van der Waals surface area contributed by atoms with Gasteiger partial charge >= 0.3 is 0 Å². The zero-order valence-electron chi connectivity index (χ0n) is 17.3. The van der Waals surface area contributed by atoms with Crippen LogP contribution in [0.3, 0.4) is 0 Å². The highest BCUT2D eigenvalue weighted by molar-refractivity contribution is 5.96. The van der Waals surface area contributed by atoms with Gasteiger partial charge in [0.2, 0.25) is 5.91 Å². The molecular weight excluding hydrogens is 378 g/mol. The Kier molecular flexibility index (Phi) is 4.65. The second-order valence-electron chi connectivity index (χ2n) is 7.88. The lowest BCUT2D eigenvalue weighted by atomic mass is 9.84. The van der Waals surface area contributed by atoms with Crippen molar-refractivity contribution in [2.75, 3.05) is 30.4 Å². The monoisotopic (exact) mass is 403 g/mol. The number of hydrogen-bond acceptors (Lipinski definition) is 5. The molecule has 0 radical (unpaired) electrons. The molecule has 1 amide bonds. The maximum Gasteiger partial charge on any atom is 0.226 e.